The fourth-order valence-corrected chi connectivity index (χ4v) is 2.99. The highest BCUT2D eigenvalue weighted by Gasteiger charge is 2.54. The summed E-state index contributed by atoms with van der Waals surface area (Å²) in [5.41, 5.74) is 4.22. The Balaban J connectivity index is 2.49. The Bertz CT molecular complexity index is 254. The van der Waals surface area contributed by atoms with E-state index in [0.717, 1.165) is 0 Å². The monoisotopic (exact) mass is 162 g/mol. The molecule has 2 rings (SSSR count). The van der Waals surface area contributed by atoms with E-state index >= 15 is 0 Å². The molecular formula is C12H18. The van der Waals surface area contributed by atoms with Gasteiger partial charge in [-0.1, -0.05) is 37.1 Å². The Morgan fingerprint density at radius 2 is 1.25 bits per heavy atom. The molecule has 0 heterocycles. The molecule has 0 aromatic heterocycles. The van der Waals surface area contributed by atoms with Gasteiger partial charge in [0.15, 0.2) is 0 Å². The fraction of sp³-hybridized carbons (Fsp3) is 0.667. The van der Waals surface area contributed by atoms with Crippen molar-refractivity contribution in [1.82, 2.24) is 0 Å². The van der Waals surface area contributed by atoms with Gasteiger partial charge >= 0.3 is 0 Å². The Morgan fingerprint density at radius 1 is 0.917 bits per heavy atom. The maximum Gasteiger partial charge on any atom is 0.00119 e. The van der Waals surface area contributed by atoms with Gasteiger partial charge in [0.25, 0.3) is 0 Å². The molecule has 0 aromatic rings. The lowest BCUT2D eigenvalue weighted by Gasteiger charge is -2.59. The lowest BCUT2D eigenvalue weighted by molar-refractivity contribution is 0.0946. The van der Waals surface area contributed by atoms with Crippen molar-refractivity contribution in [2.24, 2.45) is 10.8 Å². The molecule has 0 aliphatic heterocycles. The van der Waals surface area contributed by atoms with Crippen LogP contribution in [0, 0.1) is 10.8 Å². The van der Waals surface area contributed by atoms with Crippen LogP contribution in [-0.4, -0.2) is 0 Å². The zero-order valence-electron chi connectivity index (χ0n) is 8.57. The normalized spacial score (nSPS) is 45.7. The summed E-state index contributed by atoms with van der Waals surface area (Å²) in [7, 11) is 0. The van der Waals surface area contributed by atoms with Crippen molar-refractivity contribution in [1.29, 1.82) is 0 Å². The maximum absolute atomic E-state index is 2.42. The van der Waals surface area contributed by atoms with Gasteiger partial charge in [-0.05, 0) is 26.7 Å². The first-order chi connectivity index (χ1) is 5.52. The molecule has 2 atom stereocenters. The van der Waals surface area contributed by atoms with Gasteiger partial charge in [0.2, 0.25) is 0 Å². The maximum atomic E-state index is 2.42. The predicted molar refractivity (Wildman–Crippen MR) is 53.0 cm³/mol. The van der Waals surface area contributed by atoms with Crippen LogP contribution in [0.15, 0.2) is 23.3 Å². The SMILES string of the molecule is CC1=C(C)C2(C)CC=CCC12C. The van der Waals surface area contributed by atoms with Crippen LogP contribution < -0.4 is 0 Å². The molecule has 2 aliphatic carbocycles. The molecule has 0 nitrogen and oxygen atoms in total. The van der Waals surface area contributed by atoms with Gasteiger partial charge in [-0.15, -0.1) is 0 Å². The van der Waals surface area contributed by atoms with Gasteiger partial charge in [0.05, 0.1) is 0 Å². The largest absolute Gasteiger partial charge is 0.0876 e. The van der Waals surface area contributed by atoms with Crippen LogP contribution in [0.2, 0.25) is 0 Å². The first-order valence-electron chi connectivity index (χ1n) is 4.86. The number of hydrogen-bond donors (Lipinski definition) is 0. The van der Waals surface area contributed by atoms with E-state index in [4.69, 9.17) is 0 Å². The summed E-state index contributed by atoms with van der Waals surface area (Å²) in [6.07, 6.45) is 7.18. The third-order valence-electron chi connectivity index (χ3n) is 4.65. The van der Waals surface area contributed by atoms with Crippen molar-refractivity contribution in [3.05, 3.63) is 23.3 Å². The second kappa shape index (κ2) is 2.04. The number of allylic oxidation sites excluding steroid dienone is 4. The Hall–Kier alpha value is -0.520. The molecule has 66 valence electrons. The fourth-order valence-electron chi connectivity index (χ4n) is 2.99. The second-order valence-corrected chi connectivity index (χ2v) is 4.79. The smallest absolute Gasteiger partial charge is 0.00119 e. The van der Waals surface area contributed by atoms with Crippen molar-refractivity contribution in [3.8, 4) is 0 Å². The third kappa shape index (κ3) is 0.608. The summed E-state index contributed by atoms with van der Waals surface area (Å²) in [6, 6.07) is 0. The van der Waals surface area contributed by atoms with E-state index in [1.165, 1.54) is 12.8 Å². The van der Waals surface area contributed by atoms with E-state index < -0.39 is 0 Å². The molecule has 0 saturated heterocycles. The summed E-state index contributed by atoms with van der Waals surface area (Å²) in [5, 5.41) is 0. The second-order valence-electron chi connectivity index (χ2n) is 4.79. The van der Waals surface area contributed by atoms with Crippen LogP contribution in [0.4, 0.5) is 0 Å². The number of fused-ring (bicyclic) bond motifs is 1. The molecule has 0 aromatic carbocycles. The summed E-state index contributed by atoms with van der Waals surface area (Å²) in [6.45, 7) is 9.43. The molecule has 12 heavy (non-hydrogen) atoms. The summed E-state index contributed by atoms with van der Waals surface area (Å²) < 4.78 is 0. The highest BCUT2D eigenvalue weighted by molar-refractivity contribution is 5.43. The van der Waals surface area contributed by atoms with Crippen molar-refractivity contribution in [2.45, 2.75) is 40.5 Å². The molecule has 0 spiro atoms. The minimum absolute atomic E-state index is 0.478. The average Bonchev–Trinajstić information content (AvgIpc) is 2.08. The van der Waals surface area contributed by atoms with Gasteiger partial charge < -0.3 is 0 Å². The Labute approximate surface area is 75.4 Å². The molecule has 0 heteroatoms. The minimum atomic E-state index is 0.478. The first-order valence-corrected chi connectivity index (χ1v) is 4.86. The van der Waals surface area contributed by atoms with E-state index in [9.17, 15) is 0 Å². The van der Waals surface area contributed by atoms with Crippen molar-refractivity contribution >= 4 is 0 Å². The van der Waals surface area contributed by atoms with Crippen LogP contribution in [-0.2, 0) is 0 Å². The van der Waals surface area contributed by atoms with Crippen molar-refractivity contribution in [3.63, 3.8) is 0 Å². The van der Waals surface area contributed by atoms with Crippen molar-refractivity contribution < 1.29 is 0 Å². The lowest BCUT2D eigenvalue weighted by atomic mass is 9.45. The standard InChI is InChI=1S/C12H18/c1-9-10(2)12(4)8-6-5-7-11(9,12)3/h5-6H,7-8H2,1-4H3. The highest BCUT2D eigenvalue weighted by Crippen LogP contribution is 2.65. The summed E-state index contributed by atoms with van der Waals surface area (Å²) in [5.74, 6) is 0. The van der Waals surface area contributed by atoms with E-state index in [0.29, 0.717) is 10.8 Å². The zero-order valence-corrected chi connectivity index (χ0v) is 8.57. The van der Waals surface area contributed by atoms with E-state index in [2.05, 4.69) is 39.8 Å². The molecule has 0 bridgehead atoms. The van der Waals surface area contributed by atoms with Gasteiger partial charge in [-0.3, -0.25) is 0 Å². The molecule has 0 saturated carbocycles. The topological polar surface area (TPSA) is 0 Å². The van der Waals surface area contributed by atoms with Gasteiger partial charge in [-0.2, -0.15) is 0 Å². The molecule has 2 aliphatic rings. The molecule has 2 unspecified atom stereocenters. The van der Waals surface area contributed by atoms with Gasteiger partial charge in [0, 0.05) is 10.8 Å². The van der Waals surface area contributed by atoms with Gasteiger partial charge in [-0.25, -0.2) is 0 Å². The van der Waals surface area contributed by atoms with E-state index in [1.54, 1.807) is 11.1 Å². The predicted octanol–water partition coefficient (Wildman–Crippen LogP) is 3.70. The lowest BCUT2D eigenvalue weighted by Crippen LogP contribution is -2.49. The Morgan fingerprint density at radius 3 is 1.58 bits per heavy atom. The third-order valence-corrected chi connectivity index (χ3v) is 4.65. The van der Waals surface area contributed by atoms with Crippen LogP contribution in [0.1, 0.15) is 40.5 Å². The number of hydrogen-bond acceptors (Lipinski definition) is 0. The van der Waals surface area contributed by atoms with Crippen LogP contribution >= 0.6 is 0 Å². The quantitative estimate of drug-likeness (QED) is 0.476. The average molecular weight is 162 g/mol. The van der Waals surface area contributed by atoms with Crippen LogP contribution in [0.5, 0.6) is 0 Å². The molecule has 0 amide bonds. The molecule has 0 radical (unpaired) electrons. The molecule has 0 N–H and O–H groups in total. The van der Waals surface area contributed by atoms with Gasteiger partial charge in [0.1, 0.15) is 0 Å². The summed E-state index contributed by atoms with van der Waals surface area (Å²) in [4.78, 5) is 0. The zero-order chi connectivity index (χ0) is 8.98. The Kier molecular flexibility index (Phi) is 1.38. The van der Waals surface area contributed by atoms with Crippen molar-refractivity contribution in [2.75, 3.05) is 0 Å². The van der Waals surface area contributed by atoms with E-state index in [-0.39, 0.29) is 0 Å². The minimum Gasteiger partial charge on any atom is -0.0876 e. The molecule has 0 fully saturated rings. The van der Waals surface area contributed by atoms with Crippen LogP contribution in [0.3, 0.4) is 0 Å². The molecular weight excluding hydrogens is 144 g/mol. The number of rotatable bonds is 0. The first kappa shape index (κ1) is 8.10. The highest BCUT2D eigenvalue weighted by atomic mass is 14.6. The van der Waals surface area contributed by atoms with E-state index in [1.807, 2.05) is 0 Å². The summed E-state index contributed by atoms with van der Waals surface area (Å²) >= 11 is 0. The van der Waals surface area contributed by atoms with Crippen LogP contribution in [0.25, 0.3) is 0 Å².